The van der Waals surface area contributed by atoms with Gasteiger partial charge in [-0.3, -0.25) is 0 Å². The average molecular weight is 395 g/mol. The lowest BCUT2D eigenvalue weighted by molar-refractivity contribution is -0.604. The van der Waals surface area contributed by atoms with E-state index >= 15 is 0 Å². The maximum Gasteiger partial charge on any atom is 0.314 e. The summed E-state index contributed by atoms with van der Waals surface area (Å²) < 4.78 is 28.3. The van der Waals surface area contributed by atoms with Gasteiger partial charge in [0.15, 0.2) is 5.82 Å². The first-order valence-electron chi connectivity index (χ1n) is 9.47. The molecule has 5 nitrogen and oxygen atoms in total. The second-order valence-electron chi connectivity index (χ2n) is 9.08. The van der Waals surface area contributed by atoms with Crippen molar-refractivity contribution in [3.63, 3.8) is 0 Å². The van der Waals surface area contributed by atoms with E-state index in [-0.39, 0.29) is 22.1 Å². The maximum absolute atomic E-state index is 13.3. The standard InChI is InChI=1S/C22H23F2N5/c1-20(2)14-9-10-29(12-15(14)21(3,4)22(20,5)6)16-8-7-13(11-25-16)17-26-18(23)28-19(24)27-17/h7-9,11-12H,1-6H3. The molecule has 1 aliphatic carbocycles. The number of hydrogen-bond donors (Lipinski definition) is 0. The van der Waals surface area contributed by atoms with Gasteiger partial charge in [0.05, 0.1) is 5.56 Å². The zero-order chi connectivity index (χ0) is 21.2. The number of pyridine rings is 2. The number of nitrogens with zero attached hydrogens (tertiary/aromatic N) is 5. The summed E-state index contributed by atoms with van der Waals surface area (Å²) in [6.45, 7) is 13.7. The van der Waals surface area contributed by atoms with Crippen LogP contribution in [0, 0.1) is 23.8 Å². The van der Waals surface area contributed by atoms with Crippen molar-refractivity contribution in [2.75, 3.05) is 0 Å². The first-order valence-corrected chi connectivity index (χ1v) is 9.47. The third kappa shape index (κ3) is 2.74. The minimum absolute atomic E-state index is 0.00550. The zero-order valence-electron chi connectivity index (χ0n) is 17.4. The molecule has 29 heavy (non-hydrogen) atoms. The van der Waals surface area contributed by atoms with Crippen LogP contribution in [-0.2, 0) is 10.8 Å². The van der Waals surface area contributed by atoms with Crippen molar-refractivity contribution in [3.8, 4) is 17.2 Å². The van der Waals surface area contributed by atoms with E-state index in [4.69, 9.17) is 0 Å². The Morgan fingerprint density at radius 2 is 1.48 bits per heavy atom. The summed E-state index contributed by atoms with van der Waals surface area (Å²) in [5.41, 5.74) is 2.97. The number of aromatic nitrogens is 5. The van der Waals surface area contributed by atoms with E-state index in [0.29, 0.717) is 11.4 Å². The van der Waals surface area contributed by atoms with Gasteiger partial charge in [-0.15, -0.1) is 11.6 Å². The van der Waals surface area contributed by atoms with Crippen LogP contribution >= 0.6 is 0 Å². The molecule has 150 valence electrons. The summed E-state index contributed by atoms with van der Waals surface area (Å²) in [4.78, 5) is 14.4. The van der Waals surface area contributed by atoms with Crippen molar-refractivity contribution in [2.24, 2.45) is 5.41 Å². The summed E-state index contributed by atoms with van der Waals surface area (Å²) in [6, 6.07) is 5.46. The van der Waals surface area contributed by atoms with E-state index in [2.05, 4.69) is 73.9 Å². The SMILES string of the molecule is CC1(C)c2c[c-][n+](-c3ccc(-c4nc(F)nc(F)n4)cn3)cc2C(C)(C)C1(C)C. The molecule has 0 saturated carbocycles. The highest BCUT2D eigenvalue weighted by atomic mass is 19.1. The molecular formula is C22H23F2N5. The number of hydrogen-bond acceptors (Lipinski definition) is 4. The first kappa shape index (κ1) is 19.5. The number of fused-ring (bicyclic) bond motifs is 1. The fraction of sp³-hybridized carbons (Fsp3) is 0.409. The molecule has 3 aromatic heterocycles. The average Bonchev–Trinajstić information content (AvgIpc) is 2.76. The Kier molecular flexibility index (Phi) is 4.09. The molecule has 0 aromatic carbocycles. The summed E-state index contributed by atoms with van der Waals surface area (Å²) in [6.07, 6.45) is 4.53. The third-order valence-corrected chi connectivity index (χ3v) is 7.20. The predicted molar refractivity (Wildman–Crippen MR) is 103 cm³/mol. The smallest absolute Gasteiger partial charge is 0.314 e. The van der Waals surface area contributed by atoms with E-state index in [1.54, 1.807) is 12.1 Å². The summed E-state index contributed by atoms with van der Waals surface area (Å²) in [5, 5.41) is 0. The van der Waals surface area contributed by atoms with Crippen LogP contribution in [0.25, 0.3) is 17.2 Å². The number of rotatable bonds is 2. The van der Waals surface area contributed by atoms with Crippen molar-refractivity contribution >= 4 is 0 Å². The molecule has 0 radical (unpaired) electrons. The number of halogens is 2. The van der Waals surface area contributed by atoms with Crippen molar-refractivity contribution in [2.45, 2.75) is 52.4 Å². The van der Waals surface area contributed by atoms with E-state index in [0.717, 1.165) is 0 Å². The molecule has 3 heterocycles. The van der Waals surface area contributed by atoms with Crippen molar-refractivity contribution in [1.29, 1.82) is 0 Å². The highest BCUT2D eigenvalue weighted by molar-refractivity contribution is 5.53. The Morgan fingerprint density at radius 3 is 2.07 bits per heavy atom. The van der Waals surface area contributed by atoms with Gasteiger partial charge in [0.25, 0.3) is 0 Å². The summed E-state index contributed by atoms with van der Waals surface area (Å²) in [5.74, 6) is 0.548. The molecule has 0 spiro atoms. The third-order valence-electron chi connectivity index (χ3n) is 7.20. The van der Waals surface area contributed by atoms with Crippen LogP contribution in [0.1, 0.15) is 52.7 Å². The van der Waals surface area contributed by atoms with Crippen LogP contribution in [0.3, 0.4) is 0 Å². The molecule has 0 fully saturated rings. The molecule has 0 saturated heterocycles. The molecule has 0 aliphatic heterocycles. The largest absolute Gasteiger partial charge is 0.321 e. The Labute approximate surface area is 168 Å². The molecule has 0 unspecified atom stereocenters. The van der Waals surface area contributed by atoms with Gasteiger partial charge < -0.3 is 4.57 Å². The molecule has 3 aromatic rings. The fourth-order valence-electron chi connectivity index (χ4n) is 4.17. The van der Waals surface area contributed by atoms with Gasteiger partial charge in [-0.25, -0.2) is 0 Å². The van der Waals surface area contributed by atoms with E-state index < -0.39 is 12.2 Å². The Bertz CT molecular complexity index is 1080. The van der Waals surface area contributed by atoms with Crippen LogP contribution in [0.15, 0.2) is 30.6 Å². The van der Waals surface area contributed by atoms with Crippen LogP contribution in [0.2, 0.25) is 0 Å². The summed E-state index contributed by atoms with van der Waals surface area (Å²) in [7, 11) is 0. The molecule has 1 aliphatic rings. The molecule has 0 atom stereocenters. The fourth-order valence-corrected chi connectivity index (χ4v) is 4.17. The van der Waals surface area contributed by atoms with Crippen molar-refractivity contribution in [3.05, 3.63) is 60.1 Å². The van der Waals surface area contributed by atoms with Crippen LogP contribution < -0.4 is 4.57 Å². The second-order valence-corrected chi connectivity index (χ2v) is 9.08. The van der Waals surface area contributed by atoms with Crippen LogP contribution in [0.5, 0.6) is 0 Å². The molecule has 0 bridgehead atoms. The lowest BCUT2D eigenvalue weighted by Gasteiger charge is -2.46. The monoisotopic (exact) mass is 395 g/mol. The molecule has 0 N–H and O–H groups in total. The van der Waals surface area contributed by atoms with Gasteiger partial charge in [0, 0.05) is 12.4 Å². The van der Waals surface area contributed by atoms with Gasteiger partial charge in [-0.2, -0.15) is 23.7 Å². The molecule has 0 amide bonds. The second kappa shape index (κ2) is 6.08. The van der Waals surface area contributed by atoms with E-state index in [1.807, 2.05) is 10.6 Å². The Hall–Kier alpha value is -2.83. The van der Waals surface area contributed by atoms with Crippen LogP contribution in [-0.4, -0.2) is 19.9 Å². The highest BCUT2D eigenvalue weighted by Crippen LogP contribution is 2.60. The van der Waals surface area contributed by atoms with Gasteiger partial charge in [0.2, 0.25) is 5.82 Å². The zero-order valence-corrected chi connectivity index (χ0v) is 17.4. The lowest BCUT2D eigenvalue weighted by Crippen LogP contribution is -2.42. The van der Waals surface area contributed by atoms with Gasteiger partial charge >= 0.3 is 12.2 Å². The van der Waals surface area contributed by atoms with Crippen molar-refractivity contribution < 1.29 is 13.3 Å². The topological polar surface area (TPSA) is 55.4 Å². The summed E-state index contributed by atoms with van der Waals surface area (Å²) >= 11 is 0. The Balaban J connectivity index is 1.75. The Morgan fingerprint density at radius 1 is 0.862 bits per heavy atom. The molecule has 4 rings (SSSR count). The highest BCUT2D eigenvalue weighted by Gasteiger charge is 2.54. The minimum Gasteiger partial charge on any atom is -0.321 e. The first-order chi connectivity index (χ1) is 13.4. The van der Waals surface area contributed by atoms with E-state index in [1.165, 1.54) is 17.3 Å². The normalized spacial score (nSPS) is 18.5. The molecule has 7 heteroatoms. The van der Waals surface area contributed by atoms with Gasteiger partial charge in [-0.1, -0.05) is 52.1 Å². The lowest BCUT2D eigenvalue weighted by atomic mass is 9.59. The van der Waals surface area contributed by atoms with Gasteiger partial charge in [0.1, 0.15) is 6.20 Å². The predicted octanol–water partition coefficient (Wildman–Crippen LogP) is 3.88. The van der Waals surface area contributed by atoms with Crippen molar-refractivity contribution in [1.82, 2.24) is 19.9 Å². The quantitative estimate of drug-likeness (QED) is 0.488. The minimum atomic E-state index is -1.16. The van der Waals surface area contributed by atoms with Gasteiger partial charge in [-0.05, 0) is 28.4 Å². The van der Waals surface area contributed by atoms with E-state index in [9.17, 15) is 8.78 Å². The maximum atomic E-state index is 13.3. The molecular weight excluding hydrogens is 372 g/mol. The van der Waals surface area contributed by atoms with Crippen LogP contribution in [0.4, 0.5) is 8.78 Å².